The molecule has 3 aromatic heterocycles. The number of thiophene rings is 1. The fourth-order valence-electron chi connectivity index (χ4n) is 1.76. The van der Waals surface area contributed by atoms with Crippen LogP contribution in [-0.4, -0.2) is 14.6 Å². The fraction of sp³-hybridized carbons (Fsp3) is 0.167. The fourth-order valence-corrected chi connectivity index (χ4v) is 3.21. The minimum absolute atomic E-state index is 0.709. The van der Waals surface area contributed by atoms with Gasteiger partial charge in [0.1, 0.15) is 0 Å². The Kier molecular flexibility index (Phi) is 3.40. The summed E-state index contributed by atoms with van der Waals surface area (Å²) in [4.78, 5) is 1.30. The van der Waals surface area contributed by atoms with E-state index in [0.717, 1.165) is 21.8 Å². The van der Waals surface area contributed by atoms with E-state index in [2.05, 4.69) is 43.6 Å². The Morgan fingerprint density at radius 2 is 2.11 bits per heavy atom. The topological polar surface area (TPSA) is 42.2 Å². The summed E-state index contributed by atoms with van der Waals surface area (Å²) in [6.45, 7) is 1.55. The molecule has 0 aliphatic carbocycles. The Hall–Kier alpha value is -1.24. The Morgan fingerprint density at radius 3 is 2.94 bits per heavy atom. The number of hydrogen-bond acceptors (Lipinski definition) is 4. The van der Waals surface area contributed by atoms with Gasteiger partial charge in [0.2, 0.25) is 0 Å². The molecule has 0 aromatic carbocycles. The summed E-state index contributed by atoms with van der Waals surface area (Å²) in [5.41, 5.74) is 0.883. The minimum Gasteiger partial charge on any atom is -0.305 e. The van der Waals surface area contributed by atoms with Gasteiger partial charge in [-0.05, 0) is 40.2 Å². The average molecular weight is 323 g/mol. The van der Waals surface area contributed by atoms with Crippen LogP contribution in [-0.2, 0) is 13.1 Å². The molecule has 1 N–H and O–H groups in total. The molecule has 0 bridgehead atoms. The predicted octanol–water partition coefficient (Wildman–Crippen LogP) is 2.84. The van der Waals surface area contributed by atoms with E-state index < -0.39 is 0 Å². The van der Waals surface area contributed by atoms with Crippen LogP contribution < -0.4 is 5.32 Å². The van der Waals surface area contributed by atoms with Crippen LogP contribution in [0.1, 0.15) is 10.7 Å². The van der Waals surface area contributed by atoms with Gasteiger partial charge in [0.25, 0.3) is 0 Å². The summed E-state index contributed by atoms with van der Waals surface area (Å²) < 4.78 is 3.16. The zero-order valence-electron chi connectivity index (χ0n) is 9.51. The molecule has 0 radical (unpaired) electrons. The lowest BCUT2D eigenvalue weighted by Crippen LogP contribution is -2.14. The zero-order valence-corrected chi connectivity index (χ0v) is 11.9. The third-order valence-corrected chi connectivity index (χ3v) is 4.22. The lowest BCUT2D eigenvalue weighted by molar-refractivity contribution is 0.662. The maximum absolute atomic E-state index is 4.18. The first-order chi connectivity index (χ1) is 8.83. The number of fused-ring (bicyclic) bond motifs is 1. The third kappa shape index (κ3) is 2.45. The van der Waals surface area contributed by atoms with E-state index in [9.17, 15) is 0 Å². The van der Waals surface area contributed by atoms with Crippen molar-refractivity contribution in [3.8, 4) is 0 Å². The minimum atomic E-state index is 0.709. The van der Waals surface area contributed by atoms with E-state index in [0.29, 0.717) is 6.54 Å². The van der Waals surface area contributed by atoms with E-state index in [-0.39, 0.29) is 0 Å². The Balaban J connectivity index is 1.66. The van der Waals surface area contributed by atoms with Gasteiger partial charge < -0.3 is 5.32 Å². The van der Waals surface area contributed by atoms with Crippen molar-refractivity contribution >= 4 is 32.9 Å². The molecule has 18 heavy (non-hydrogen) atoms. The summed E-state index contributed by atoms with van der Waals surface area (Å²) in [5.74, 6) is 0.932. The molecule has 3 heterocycles. The van der Waals surface area contributed by atoms with Crippen LogP contribution in [0.25, 0.3) is 5.65 Å². The standard InChI is InChI=1S/C12H11BrN4S/c13-10-5-4-9(18-10)7-14-8-12-16-15-11-3-1-2-6-17(11)12/h1-6,14H,7-8H2. The van der Waals surface area contributed by atoms with Crippen molar-refractivity contribution < 1.29 is 0 Å². The molecule has 4 nitrogen and oxygen atoms in total. The summed E-state index contributed by atoms with van der Waals surface area (Å²) in [5, 5.41) is 11.7. The van der Waals surface area contributed by atoms with E-state index in [4.69, 9.17) is 0 Å². The third-order valence-electron chi connectivity index (χ3n) is 2.60. The maximum atomic E-state index is 4.18. The highest BCUT2D eigenvalue weighted by molar-refractivity contribution is 9.11. The molecule has 0 unspecified atom stereocenters. The Morgan fingerprint density at radius 1 is 1.17 bits per heavy atom. The van der Waals surface area contributed by atoms with Crippen molar-refractivity contribution in [2.45, 2.75) is 13.1 Å². The summed E-state index contributed by atoms with van der Waals surface area (Å²) >= 11 is 5.20. The monoisotopic (exact) mass is 322 g/mol. The van der Waals surface area contributed by atoms with Crippen LogP contribution in [0.3, 0.4) is 0 Å². The SMILES string of the molecule is Brc1ccc(CNCc2nnc3ccccn23)s1. The van der Waals surface area contributed by atoms with Crippen molar-refractivity contribution in [2.24, 2.45) is 0 Å². The molecule has 0 aliphatic heterocycles. The molecule has 6 heteroatoms. The smallest absolute Gasteiger partial charge is 0.160 e. The molecule has 0 aliphatic rings. The predicted molar refractivity (Wildman–Crippen MR) is 75.5 cm³/mol. The number of halogens is 1. The first-order valence-corrected chi connectivity index (χ1v) is 7.17. The van der Waals surface area contributed by atoms with Crippen LogP contribution in [0.15, 0.2) is 40.3 Å². The number of aromatic nitrogens is 3. The number of hydrogen-bond donors (Lipinski definition) is 1. The van der Waals surface area contributed by atoms with Gasteiger partial charge in [-0.2, -0.15) is 0 Å². The zero-order chi connectivity index (χ0) is 12.4. The number of pyridine rings is 1. The number of rotatable bonds is 4. The summed E-state index contributed by atoms with van der Waals surface area (Å²) in [6, 6.07) is 10.1. The van der Waals surface area contributed by atoms with Gasteiger partial charge in [-0.3, -0.25) is 4.40 Å². The molecule has 0 spiro atoms. The molecule has 3 rings (SSSR count). The van der Waals surface area contributed by atoms with E-state index in [1.165, 1.54) is 4.88 Å². The summed E-state index contributed by atoms with van der Waals surface area (Å²) in [6.07, 6.45) is 1.98. The highest BCUT2D eigenvalue weighted by atomic mass is 79.9. The van der Waals surface area contributed by atoms with E-state index in [1.807, 2.05) is 28.8 Å². The molecule has 0 saturated heterocycles. The largest absolute Gasteiger partial charge is 0.305 e. The second kappa shape index (κ2) is 5.17. The van der Waals surface area contributed by atoms with Crippen molar-refractivity contribution in [1.29, 1.82) is 0 Å². The van der Waals surface area contributed by atoms with Gasteiger partial charge in [-0.15, -0.1) is 21.5 Å². The van der Waals surface area contributed by atoms with Crippen molar-refractivity contribution in [3.05, 3.63) is 51.0 Å². The van der Waals surface area contributed by atoms with Crippen molar-refractivity contribution in [3.63, 3.8) is 0 Å². The van der Waals surface area contributed by atoms with Crippen LogP contribution in [0, 0.1) is 0 Å². The first kappa shape index (κ1) is 11.8. The quantitative estimate of drug-likeness (QED) is 0.803. The van der Waals surface area contributed by atoms with Crippen LogP contribution in [0.2, 0.25) is 0 Å². The van der Waals surface area contributed by atoms with Gasteiger partial charge in [-0.1, -0.05) is 6.07 Å². The molecule has 92 valence electrons. The Bertz CT molecular complexity index is 661. The van der Waals surface area contributed by atoms with Crippen LogP contribution >= 0.6 is 27.3 Å². The summed E-state index contributed by atoms with van der Waals surface area (Å²) in [7, 11) is 0. The molecular weight excluding hydrogens is 312 g/mol. The van der Waals surface area contributed by atoms with Gasteiger partial charge >= 0.3 is 0 Å². The molecule has 3 aromatic rings. The molecule has 0 atom stereocenters. The average Bonchev–Trinajstić information content (AvgIpc) is 2.97. The maximum Gasteiger partial charge on any atom is 0.160 e. The van der Waals surface area contributed by atoms with Gasteiger partial charge in [-0.25, -0.2) is 0 Å². The van der Waals surface area contributed by atoms with Crippen LogP contribution in [0.5, 0.6) is 0 Å². The van der Waals surface area contributed by atoms with Gasteiger partial charge in [0.15, 0.2) is 11.5 Å². The highest BCUT2D eigenvalue weighted by Crippen LogP contribution is 2.21. The second-order valence-electron chi connectivity index (χ2n) is 3.85. The van der Waals surface area contributed by atoms with Gasteiger partial charge in [0.05, 0.1) is 10.3 Å². The lowest BCUT2D eigenvalue weighted by atomic mass is 10.4. The number of nitrogens with one attached hydrogen (secondary N) is 1. The van der Waals surface area contributed by atoms with Crippen molar-refractivity contribution in [1.82, 2.24) is 19.9 Å². The molecule has 0 fully saturated rings. The van der Waals surface area contributed by atoms with Gasteiger partial charge in [0, 0.05) is 17.6 Å². The lowest BCUT2D eigenvalue weighted by Gasteiger charge is -2.01. The molecular formula is C12H11BrN4S. The second-order valence-corrected chi connectivity index (χ2v) is 6.40. The van der Waals surface area contributed by atoms with E-state index in [1.54, 1.807) is 11.3 Å². The van der Waals surface area contributed by atoms with E-state index >= 15 is 0 Å². The molecule has 0 saturated carbocycles. The van der Waals surface area contributed by atoms with Crippen LogP contribution in [0.4, 0.5) is 0 Å². The molecule has 0 amide bonds. The number of nitrogens with zero attached hydrogens (tertiary/aromatic N) is 3. The normalized spacial score (nSPS) is 11.2. The van der Waals surface area contributed by atoms with Crippen molar-refractivity contribution in [2.75, 3.05) is 0 Å². The Labute approximate surface area is 117 Å². The first-order valence-electron chi connectivity index (χ1n) is 5.56. The highest BCUT2D eigenvalue weighted by Gasteiger charge is 2.04.